The van der Waals surface area contributed by atoms with Crippen molar-refractivity contribution in [3.63, 3.8) is 0 Å². The highest BCUT2D eigenvalue weighted by atomic mass is 16.2. The van der Waals surface area contributed by atoms with Crippen LogP contribution in [0.15, 0.2) is 45.0 Å². The molecule has 0 saturated carbocycles. The fraction of sp³-hybridized carbons (Fsp3) is 0.368. The van der Waals surface area contributed by atoms with Crippen molar-refractivity contribution in [2.24, 2.45) is 19.2 Å². The average Bonchev–Trinajstić information content (AvgIpc) is 3.09. The van der Waals surface area contributed by atoms with Crippen molar-refractivity contribution in [1.82, 2.24) is 18.7 Å². The number of aromatic nitrogens is 4. The SMILES string of the molecule is CCCCC1C(c2ccccc2)=NNc2nc3c(c(=O)n(C)c(=O)n3C)n21. The number of unbranched alkanes of at least 4 members (excludes halogenated alkanes) is 1. The molecule has 8 nitrogen and oxygen atoms in total. The summed E-state index contributed by atoms with van der Waals surface area (Å²) in [6.07, 6.45) is 2.85. The summed E-state index contributed by atoms with van der Waals surface area (Å²) in [7, 11) is 3.12. The molecule has 1 aromatic carbocycles. The number of rotatable bonds is 4. The lowest BCUT2D eigenvalue weighted by Gasteiger charge is -2.27. The second-order valence-electron chi connectivity index (χ2n) is 6.82. The number of anilines is 1. The van der Waals surface area contributed by atoms with Crippen LogP contribution >= 0.6 is 0 Å². The predicted molar refractivity (Wildman–Crippen MR) is 105 cm³/mol. The van der Waals surface area contributed by atoms with E-state index in [1.807, 2.05) is 34.9 Å². The van der Waals surface area contributed by atoms with E-state index in [2.05, 4.69) is 22.4 Å². The van der Waals surface area contributed by atoms with Gasteiger partial charge in [0.15, 0.2) is 11.2 Å². The lowest BCUT2D eigenvalue weighted by Crippen LogP contribution is -2.38. The maximum atomic E-state index is 12.9. The van der Waals surface area contributed by atoms with E-state index in [1.165, 1.54) is 11.6 Å². The number of hydrazone groups is 1. The zero-order chi connectivity index (χ0) is 19.1. The van der Waals surface area contributed by atoms with Gasteiger partial charge in [-0.15, -0.1) is 0 Å². The highest BCUT2D eigenvalue weighted by Crippen LogP contribution is 2.31. The number of nitrogens with one attached hydrogen (secondary N) is 1. The van der Waals surface area contributed by atoms with Gasteiger partial charge in [-0.3, -0.25) is 18.5 Å². The maximum Gasteiger partial charge on any atom is 0.332 e. The van der Waals surface area contributed by atoms with Crippen LogP contribution in [-0.2, 0) is 14.1 Å². The number of imidazole rings is 1. The molecule has 0 fully saturated rings. The van der Waals surface area contributed by atoms with Gasteiger partial charge in [0.25, 0.3) is 5.56 Å². The molecule has 1 unspecified atom stereocenters. The molecule has 140 valence electrons. The van der Waals surface area contributed by atoms with Gasteiger partial charge in [0.05, 0.1) is 11.8 Å². The molecule has 1 atom stereocenters. The maximum absolute atomic E-state index is 12.9. The Kier molecular flexibility index (Phi) is 4.18. The van der Waals surface area contributed by atoms with Gasteiger partial charge in [-0.2, -0.15) is 10.1 Å². The minimum absolute atomic E-state index is 0.126. The van der Waals surface area contributed by atoms with Crippen molar-refractivity contribution in [2.75, 3.05) is 5.43 Å². The second-order valence-corrected chi connectivity index (χ2v) is 6.82. The normalized spacial score (nSPS) is 16.1. The van der Waals surface area contributed by atoms with Gasteiger partial charge in [0, 0.05) is 14.1 Å². The number of hydrogen-bond acceptors (Lipinski definition) is 5. The summed E-state index contributed by atoms with van der Waals surface area (Å²) in [6, 6.07) is 9.80. The average molecular weight is 366 g/mol. The third-order valence-electron chi connectivity index (χ3n) is 5.10. The highest BCUT2D eigenvalue weighted by molar-refractivity contribution is 6.05. The van der Waals surface area contributed by atoms with E-state index in [0.717, 1.165) is 35.1 Å². The first kappa shape index (κ1) is 17.3. The minimum atomic E-state index is -0.391. The Hall–Kier alpha value is -3.16. The van der Waals surface area contributed by atoms with Crippen molar-refractivity contribution in [2.45, 2.75) is 32.2 Å². The van der Waals surface area contributed by atoms with Crippen molar-refractivity contribution in [1.29, 1.82) is 0 Å². The second kappa shape index (κ2) is 6.53. The molecule has 1 N–H and O–H groups in total. The van der Waals surface area contributed by atoms with Crippen LogP contribution in [0, 0.1) is 0 Å². The quantitative estimate of drug-likeness (QED) is 0.765. The molecule has 0 saturated heterocycles. The molecule has 0 radical (unpaired) electrons. The van der Waals surface area contributed by atoms with Crippen LogP contribution in [-0.4, -0.2) is 24.4 Å². The molecule has 8 heteroatoms. The number of aryl methyl sites for hydroxylation is 1. The van der Waals surface area contributed by atoms with Gasteiger partial charge in [-0.25, -0.2) is 10.2 Å². The molecule has 27 heavy (non-hydrogen) atoms. The van der Waals surface area contributed by atoms with E-state index < -0.39 is 5.69 Å². The molecular weight excluding hydrogens is 344 g/mol. The van der Waals surface area contributed by atoms with Crippen molar-refractivity contribution in [3.8, 4) is 0 Å². The molecule has 4 rings (SSSR count). The van der Waals surface area contributed by atoms with E-state index in [-0.39, 0.29) is 11.6 Å². The van der Waals surface area contributed by atoms with Crippen molar-refractivity contribution >= 4 is 22.8 Å². The van der Waals surface area contributed by atoms with Crippen LogP contribution in [0.2, 0.25) is 0 Å². The Morgan fingerprint density at radius 2 is 1.85 bits per heavy atom. The molecule has 0 amide bonds. The fourth-order valence-corrected chi connectivity index (χ4v) is 3.63. The third-order valence-corrected chi connectivity index (χ3v) is 5.10. The Labute approximate surface area is 155 Å². The number of fused-ring (bicyclic) bond motifs is 3. The zero-order valence-electron chi connectivity index (χ0n) is 15.6. The highest BCUT2D eigenvalue weighted by Gasteiger charge is 2.31. The Morgan fingerprint density at radius 3 is 2.56 bits per heavy atom. The topological polar surface area (TPSA) is 86.2 Å². The molecule has 1 aliphatic rings. The monoisotopic (exact) mass is 366 g/mol. The summed E-state index contributed by atoms with van der Waals surface area (Å²) >= 11 is 0. The first-order chi connectivity index (χ1) is 13.0. The summed E-state index contributed by atoms with van der Waals surface area (Å²) in [4.78, 5) is 29.7. The first-order valence-corrected chi connectivity index (χ1v) is 9.11. The largest absolute Gasteiger partial charge is 0.332 e. The predicted octanol–water partition coefficient (Wildman–Crippen LogP) is 1.99. The number of benzene rings is 1. The van der Waals surface area contributed by atoms with Crippen LogP contribution in [0.3, 0.4) is 0 Å². The molecule has 1 aliphatic heterocycles. The molecule has 0 aliphatic carbocycles. The van der Waals surface area contributed by atoms with Crippen LogP contribution in [0.4, 0.5) is 5.95 Å². The minimum Gasteiger partial charge on any atom is -0.294 e. The summed E-state index contributed by atoms with van der Waals surface area (Å²) in [5, 5.41) is 4.56. The lowest BCUT2D eigenvalue weighted by molar-refractivity contribution is 0.559. The summed E-state index contributed by atoms with van der Waals surface area (Å²) in [6.45, 7) is 2.13. The fourth-order valence-electron chi connectivity index (χ4n) is 3.63. The summed E-state index contributed by atoms with van der Waals surface area (Å²) in [5.41, 5.74) is 4.90. The van der Waals surface area contributed by atoms with Crippen molar-refractivity contribution < 1.29 is 0 Å². The molecule has 2 aromatic heterocycles. The lowest BCUT2D eigenvalue weighted by atomic mass is 9.97. The third kappa shape index (κ3) is 2.59. The molecule has 0 spiro atoms. The Bertz CT molecular complexity index is 1150. The summed E-state index contributed by atoms with van der Waals surface area (Å²) < 4.78 is 4.44. The molecule has 0 bridgehead atoms. The summed E-state index contributed by atoms with van der Waals surface area (Å²) in [5.74, 6) is 0.490. The van der Waals surface area contributed by atoms with Crippen LogP contribution < -0.4 is 16.7 Å². The first-order valence-electron chi connectivity index (χ1n) is 9.11. The van der Waals surface area contributed by atoms with Crippen LogP contribution in [0.25, 0.3) is 11.2 Å². The van der Waals surface area contributed by atoms with E-state index in [4.69, 9.17) is 0 Å². The van der Waals surface area contributed by atoms with E-state index in [0.29, 0.717) is 17.1 Å². The molecule has 3 aromatic rings. The van der Waals surface area contributed by atoms with E-state index in [1.54, 1.807) is 7.05 Å². The molecular formula is C19H22N6O2. The smallest absolute Gasteiger partial charge is 0.294 e. The van der Waals surface area contributed by atoms with Gasteiger partial charge < -0.3 is 0 Å². The zero-order valence-corrected chi connectivity index (χ0v) is 15.6. The standard InChI is InChI=1S/C19H22N6O2/c1-4-5-11-13-14(12-9-7-6-8-10-12)21-22-18-20-16-15(25(13)18)17(26)24(3)19(27)23(16)2/h6-10,13H,4-5,11H2,1-3H3,(H,20,22). The van der Waals surface area contributed by atoms with E-state index >= 15 is 0 Å². The van der Waals surface area contributed by atoms with Gasteiger partial charge >= 0.3 is 5.69 Å². The number of nitrogens with zero attached hydrogens (tertiary/aromatic N) is 5. The van der Waals surface area contributed by atoms with Gasteiger partial charge in [0.2, 0.25) is 5.95 Å². The van der Waals surface area contributed by atoms with Gasteiger partial charge in [-0.1, -0.05) is 50.1 Å². The Morgan fingerprint density at radius 1 is 1.11 bits per heavy atom. The number of hydrogen-bond donors (Lipinski definition) is 1. The van der Waals surface area contributed by atoms with E-state index in [9.17, 15) is 9.59 Å². The van der Waals surface area contributed by atoms with Crippen LogP contribution in [0.1, 0.15) is 37.8 Å². The van der Waals surface area contributed by atoms with Crippen LogP contribution in [0.5, 0.6) is 0 Å². The van der Waals surface area contributed by atoms with Gasteiger partial charge in [0.1, 0.15) is 0 Å². The van der Waals surface area contributed by atoms with Crippen molar-refractivity contribution in [3.05, 3.63) is 56.7 Å². The Balaban J connectivity index is 1.99. The molecule has 3 heterocycles. The van der Waals surface area contributed by atoms with Gasteiger partial charge in [-0.05, 0) is 12.0 Å².